The molecule has 4 N–H and O–H groups in total. The summed E-state index contributed by atoms with van der Waals surface area (Å²) >= 11 is 11.6. The van der Waals surface area contributed by atoms with Crippen molar-refractivity contribution in [2.24, 2.45) is 5.84 Å². The van der Waals surface area contributed by atoms with Crippen LogP contribution in [0.15, 0.2) is 24.5 Å². The molecule has 0 atom stereocenters. The molecule has 1 heterocycles. The number of halogens is 3. The maximum absolute atomic E-state index is 13.0. The first-order valence-corrected chi connectivity index (χ1v) is 6.01. The molecule has 0 spiro atoms. The maximum Gasteiger partial charge on any atom is 0.276 e. The van der Waals surface area contributed by atoms with Crippen LogP contribution >= 0.6 is 23.2 Å². The van der Waals surface area contributed by atoms with Crippen molar-refractivity contribution in [3.63, 3.8) is 0 Å². The average Bonchev–Trinajstić information content (AvgIpc) is 2.42. The van der Waals surface area contributed by atoms with Crippen LogP contribution in [0.1, 0.15) is 10.5 Å². The maximum atomic E-state index is 13.0. The first-order valence-electron chi connectivity index (χ1n) is 5.26. The Kier molecular flexibility index (Phi) is 4.33. The molecule has 104 valence electrons. The van der Waals surface area contributed by atoms with E-state index in [0.29, 0.717) is 0 Å². The summed E-state index contributed by atoms with van der Waals surface area (Å²) in [6, 6.07) is 2.07. The van der Waals surface area contributed by atoms with E-state index in [1.807, 2.05) is 0 Å². The van der Waals surface area contributed by atoms with E-state index >= 15 is 0 Å². The number of anilines is 2. The van der Waals surface area contributed by atoms with Gasteiger partial charge in [0.25, 0.3) is 5.91 Å². The molecule has 20 heavy (non-hydrogen) atoms. The molecule has 0 unspecified atom stereocenters. The number of nitrogens with zero attached hydrogens (tertiary/aromatic N) is 2. The molecule has 9 heteroatoms. The van der Waals surface area contributed by atoms with Gasteiger partial charge in [0, 0.05) is 0 Å². The molecule has 6 nitrogen and oxygen atoms in total. The Balaban J connectivity index is 2.28. The highest BCUT2D eigenvalue weighted by atomic mass is 35.5. The van der Waals surface area contributed by atoms with Crippen LogP contribution in [0.2, 0.25) is 10.0 Å². The van der Waals surface area contributed by atoms with Gasteiger partial charge in [-0.05, 0) is 12.1 Å². The summed E-state index contributed by atoms with van der Waals surface area (Å²) in [5.74, 6) is 4.17. The molecular formula is C11H8Cl2FN5O. The number of amides is 1. The molecule has 0 aliphatic carbocycles. The topological polar surface area (TPSA) is 92.9 Å². The number of rotatable bonds is 3. The second kappa shape index (κ2) is 6.00. The largest absolute Gasteiger partial charge is 0.318 e. The Morgan fingerprint density at radius 1 is 1.25 bits per heavy atom. The molecular weight excluding hydrogens is 308 g/mol. The number of benzene rings is 1. The Hall–Kier alpha value is -1.96. The third kappa shape index (κ3) is 3.13. The smallest absolute Gasteiger partial charge is 0.276 e. The Morgan fingerprint density at radius 3 is 2.50 bits per heavy atom. The number of hydrazine groups is 1. The van der Waals surface area contributed by atoms with Gasteiger partial charge in [-0.25, -0.2) is 15.2 Å². The number of nitrogen functional groups attached to an aromatic ring is 1. The van der Waals surface area contributed by atoms with Gasteiger partial charge in [0.05, 0.1) is 28.1 Å². The predicted molar refractivity (Wildman–Crippen MR) is 74.2 cm³/mol. The molecule has 0 aliphatic heterocycles. The van der Waals surface area contributed by atoms with Crippen LogP contribution in [0.4, 0.5) is 15.9 Å². The lowest BCUT2D eigenvalue weighted by Crippen LogP contribution is -2.17. The van der Waals surface area contributed by atoms with E-state index in [4.69, 9.17) is 29.0 Å². The van der Waals surface area contributed by atoms with E-state index in [9.17, 15) is 9.18 Å². The van der Waals surface area contributed by atoms with Gasteiger partial charge in [-0.1, -0.05) is 23.2 Å². The summed E-state index contributed by atoms with van der Waals surface area (Å²) in [4.78, 5) is 19.7. The number of hydrogen-bond donors (Lipinski definition) is 3. The second-order valence-corrected chi connectivity index (χ2v) is 4.45. The highest BCUT2D eigenvalue weighted by Gasteiger charge is 2.14. The summed E-state index contributed by atoms with van der Waals surface area (Å²) in [7, 11) is 0. The van der Waals surface area contributed by atoms with Crippen molar-refractivity contribution >= 4 is 40.6 Å². The predicted octanol–water partition coefficient (Wildman–Crippen LogP) is 2.46. The third-order valence-electron chi connectivity index (χ3n) is 2.26. The lowest BCUT2D eigenvalue weighted by molar-refractivity contribution is 0.102. The number of hydrogen-bond acceptors (Lipinski definition) is 5. The number of carbonyl (C=O) groups excluding carboxylic acids is 1. The molecule has 0 saturated carbocycles. The van der Waals surface area contributed by atoms with Gasteiger partial charge >= 0.3 is 0 Å². The third-order valence-corrected chi connectivity index (χ3v) is 2.86. The van der Waals surface area contributed by atoms with E-state index in [-0.39, 0.29) is 27.2 Å². The fourth-order valence-corrected chi connectivity index (χ4v) is 1.94. The second-order valence-electron chi connectivity index (χ2n) is 3.63. The quantitative estimate of drug-likeness (QED) is 0.597. The Labute approximate surface area is 123 Å². The van der Waals surface area contributed by atoms with Gasteiger partial charge in [-0.3, -0.25) is 9.78 Å². The van der Waals surface area contributed by atoms with E-state index in [1.165, 1.54) is 12.4 Å². The summed E-state index contributed by atoms with van der Waals surface area (Å²) in [5.41, 5.74) is 2.35. The number of carbonyl (C=O) groups is 1. The molecule has 2 rings (SSSR count). The number of aromatic nitrogens is 2. The minimum Gasteiger partial charge on any atom is -0.318 e. The van der Waals surface area contributed by atoms with Crippen LogP contribution in [0.25, 0.3) is 0 Å². The van der Waals surface area contributed by atoms with E-state index in [2.05, 4.69) is 20.7 Å². The zero-order chi connectivity index (χ0) is 14.7. The molecule has 1 aromatic heterocycles. The van der Waals surface area contributed by atoms with E-state index < -0.39 is 11.7 Å². The zero-order valence-corrected chi connectivity index (χ0v) is 11.3. The van der Waals surface area contributed by atoms with Crippen molar-refractivity contribution in [2.75, 3.05) is 10.7 Å². The highest BCUT2D eigenvalue weighted by molar-refractivity contribution is 6.40. The first kappa shape index (κ1) is 14.4. The van der Waals surface area contributed by atoms with Gasteiger partial charge in [0.2, 0.25) is 0 Å². The lowest BCUT2D eigenvalue weighted by Gasteiger charge is -2.09. The molecule has 1 aromatic carbocycles. The van der Waals surface area contributed by atoms with Crippen LogP contribution in [0.5, 0.6) is 0 Å². The highest BCUT2D eigenvalue weighted by Crippen LogP contribution is 2.31. The first-order chi connectivity index (χ1) is 9.51. The monoisotopic (exact) mass is 315 g/mol. The number of nitrogens with two attached hydrogens (primary N) is 1. The van der Waals surface area contributed by atoms with E-state index in [0.717, 1.165) is 12.1 Å². The minimum atomic E-state index is -0.606. The minimum absolute atomic E-state index is 0.00286. The average molecular weight is 316 g/mol. The van der Waals surface area contributed by atoms with Gasteiger partial charge in [0.15, 0.2) is 5.82 Å². The summed E-state index contributed by atoms with van der Waals surface area (Å²) in [5, 5.41) is 2.39. The normalized spacial score (nSPS) is 10.2. The standard InChI is InChI=1S/C11H8Cl2FN5O/c12-6-1-5(14)2-7(13)10(6)18-11(20)8-3-16-4-9(17-8)19-15/h1-4H,15H2,(H,17,19)(H,18,20). The van der Waals surface area contributed by atoms with Crippen molar-refractivity contribution in [3.05, 3.63) is 46.1 Å². The van der Waals surface area contributed by atoms with Gasteiger partial charge < -0.3 is 10.7 Å². The molecule has 0 saturated heterocycles. The van der Waals surface area contributed by atoms with Crippen molar-refractivity contribution in [2.45, 2.75) is 0 Å². The van der Waals surface area contributed by atoms with Crippen LogP contribution in [-0.4, -0.2) is 15.9 Å². The Bertz CT molecular complexity index is 644. The summed E-state index contributed by atoms with van der Waals surface area (Å²) in [6.45, 7) is 0. The van der Waals surface area contributed by atoms with Crippen molar-refractivity contribution in [3.8, 4) is 0 Å². The summed E-state index contributed by atoms with van der Waals surface area (Å²) in [6.07, 6.45) is 2.58. The van der Waals surface area contributed by atoms with Crippen molar-refractivity contribution in [1.82, 2.24) is 9.97 Å². The van der Waals surface area contributed by atoms with Crippen molar-refractivity contribution < 1.29 is 9.18 Å². The van der Waals surface area contributed by atoms with Crippen LogP contribution in [0, 0.1) is 5.82 Å². The molecule has 0 radical (unpaired) electrons. The fourth-order valence-electron chi connectivity index (χ4n) is 1.38. The molecule has 1 amide bonds. The fraction of sp³-hybridized carbons (Fsp3) is 0. The van der Waals surface area contributed by atoms with Gasteiger partial charge in [-0.2, -0.15) is 0 Å². The SMILES string of the molecule is NNc1cncc(C(=O)Nc2c(Cl)cc(F)cc2Cl)n1. The zero-order valence-electron chi connectivity index (χ0n) is 9.82. The molecule has 0 bridgehead atoms. The number of nitrogens with one attached hydrogen (secondary N) is 2. The van der Waals surface area contributed by atoms with Crippen LogP contribution in [0.3, 0.4) is 0 Å². The molecule has 2 aromatic rings. The Morgan fingerprint density at radius 2 is 1.90 bits per heavy atom. The lowest BCUT2D eigenvalue weighted by atomic mass is 10.3. The van der Waals surface area contributed by atoms with Crippen molar-refractivity contribution in [1.29, 1.82) is 0 Å². The van der Waals surface area contributed by atoms with Crippen LogP contribution < -0.4 is 16.6 Å². The molecule has 0 fully saturated rings. The summed E-state index contributed by atoms with van der Waals surface area (Å²) < 4.78 is 13.0. The van der Waals surface area contributed by atoms with Crippen LogP contribution in [-0.2, 0) is 0 Å². The van der Waals surface area contributed by atoms with E-state index in [1.54, 1.807) is 0 Å². The van der Waals surface area contributed by atoms with Gasteiger partial charge in [0.1, 0.15) is 11.5 Å². The van der Waals surface area contributed by atoms with Gasteiger partial charge in [-0.15, -0.1) is 0 Å². The molecule has 0 aliphatic rings.